The van der Waals surface area contributed by atoms with E-state index in [0.29, 0.717) is 12.5 Å². The maximum absolute atomic E-state index is 13.3. The standard InChI is InChI=1S/C23H34F8O4/c1-2-3-4-5-6-7-8-9-10-11-12-13-16-34-18(32)14-15-19(33)35-17-21(26,27)23(30,31)22(28,29)20(24)25/h14-15,20H,2-13,16-17H2,1H3/b15-14+. The number of unbranched alkanes of at least 4 members (excludes halogenated alkanes) is 11. The lowest BCUT2D eigenvalue weighted by Gasteiger charge is -2.31. The molecule has 206 valence electrons. The molecule has 0 radical (unpaired) electrons. The van der Waals surface area contributed by atoms with Crippen LogP contribution in [0, 0.1) is 0 Å². The summed E-state index contributed by atoms with van der Waals surface area (Å²) in [4.78, 5) is 22.7. The first kappa shape index (κ1) is 33.1. The quantitative estimate of drug-likeness (QED) is 0.0714. The van der Waals surface area contributed by atoms with Crippen molar-refractivity contribution in [2.24, 2.45) is 0 Å². The molecule has 0 saturated heterocycles. The summed E-state index contributed by atoms with van der Waals surface area (Å²) in [7, 11) is 0. The van der Waals surface area contributed by atoms with Crippen LogP contribution in [0.25, 0.3) is 0 Å². The van der Waals surface area contributed by atoms with Gasteiger partial charge in [0.15, 0.2) is 6.61 Å². The molecule has 0 heterocycles. The average molecular weight is 527 g/mol. The highest BCUT2D eigenvalue weighted by Crippen LogP contribution is 2.48. The number of rotatable bonds is 20. The number of alkyl halides is 8. The number of ether oxygens (including phenoxy) is 2. The number of hydrogen-bond acceptors (Lipinski definition) is 4. The first-order valence-corrected chi connectivity index (χ1v) is 11.7. The van der Waals surface area contributed by atoms with Crippen LogP contribution < -0.4 is 0 Å². The molecule has 0 saturated carbocycles. The van der Waals surface area contributed by atoms with Gasteiger partial charge in [-0.25, -0.2) is 18.4 Å². The monoisotopic (exact) mass is 526 g/mol. The van der Waals surface area contributed by atoms with Crippen molar-refractivity contribution in [3.8, 4) is 0 Å². The van der Waals surface area contributed by atoms with E-state index in [4.69, 9.17) is 4.74 Å². The number of carbonyl (C=O) groups excluding carboxylic acids is 2. The van der Waals surface area contributed by atoms with Gasteiger partial charge >= 0.3 is 36.1 Å². The van der Waals surface area contributed by atoms with Crippen molar-refractivity contribution in [1.82, 2.24) is 0 Å². The molecule has 0 spiro atoms. The minimum absolute atomic E-state index is 0.0304. The number of carbonyl (C=O) groups is 2. The molecule has 0 atom stereocenters. The second-order valence-electron chi connectivity index (χ2n) is 8.20. The highest BCUT2D eigenvalue weighted by Gasteiger charge is 2.75. The zero-order valence-corrected chi connectivity index (χ0v) is 19.8. The molecule has 12 heteroatoms. The Balaban J connectivity index is 4.03. The fourth-order valence-electron chi connectivity index (χ4n) is 2.98. The van der Waals surface area contributed by atoms with Crippen LogP contribution in [-0.2, 0) is 19.1 Å². The maximum Gasteiger partial charge on any atom is 0.381 e. The summed E-state index contributed by atoms with van der Waals surface area (Å²) >= 11 is 0. The van der Waals surface area contributed by atoms with Gasteiger partial charge in [0.2, 0.25) is 0 Å². The van der Waals surface area contributed by atoms with Gasteiger partial charge in [0, 0.05) is 12.2 Å². The minimum atomic E-state index is -6.48. The van der Waals surface area contributed by atoms with Crippen molar-refractivity contribution in [2.45, 2.75) is 108 Å². The zero-order valence-electron chi connectivity index (χ0n) is 19.8. The molecule has 0 amide bonds. The Bertz CT molecular complexity index is 639. The molecule has 0 unspecified atom stereocenters. The molecule has 0 N–H and O–H groups in total. The lowest BCUT2D eigenvalue weighted by atomic mass is 10.1. The number of hydrogen-bond donors (Lipinski definition) is 0. The predicted octanol–water partition coefficient (Wildman–Crippen LogP) is 7.50. The molecule has 0 fully saturated rings. The van der Waals surface area contributed by atoms with E-state index in [-0.39, 0.29) is 12.7 Å². The molecule has 0 aliphatic heterocycles. The first-order valence-electron chi connectivity index (χ1n) is 11.7. The Morgan fingerprint density at radius 1 is 0.686 bits per heavy atom. The Hall–Kier alpha value is -1.88. The highest BCUT2D eigenvalue weighted by atomic mass is 19.4. The van der Waals surface area contributed by atoms with Crippen molar-refractivity contribution in [2.75, 3.05) is 13.2 Å². The van der Waals surface area contributed by atoms with E-state index in [1.807, 2.05) is 0 Å². The predicted molar refractivity (Wildman–Crippen MR) is 113 cm³/mol. The van der Waals surface area contributed by atoms with Crippen LogP contribution in [0.2, 0.25) is 0 Å². The summed E-state index contributed by atoms with van der Waals surface area (Å²) in [6.45, 7) is -0.391. The van der Waals surface area contributed by atoms with Gasteiger partial charge in [-0.2, -0.15) is 26.3 Å². The van der Waals surface area contributed by atoms with Crippen LogP contribution in [0.15, 0.2) is 12.2 Å². The van der Waals surface area contributed by atoms with Crippen LogP contribution in [0.3, 0.4) is 0 Å². The molecular weight excluding hydrogens is 492 g/mol. The molecule has 35 heavy (non-hydrogen) atoms. The van der Waals surface area contributed by atoms with Crippen molar-refractivity contribution >= 4 is 11.9 Å². The summed E-state index contributed by atoms with van der Waals surface area (Å²) < 4.78 is 111. The third kappa shape index (κ3) is 12.6. The van der Waals surface area contributed by atoms with Gasteiger partial charge in [-0.05, 0) is 6.42 Å². The fraction of sp³-hybridized carbons (Fsp3) is 0.826. The van der Waals surface area contributed by atoms with E-state index in [1.165, 1.54) is 44.9 Å². The maximum atomic E-state index is 13.3. The molecule has 0 aliphatic rings. The molecule has 0 bridgehead atoms. The van der Waals surface area contributed by atoms with Crippen LogP contribution in [0.1, 0.15) is 84.0 Å². The van der Waals surface area contributed by atoms with E-state index < -0.39 is 42.7 Å². The molecule has 0 aliphatic carbocycles. The molecule has 4 nitrogen and oxygen atoms in total. The van der Waals surface area contributed by atoms with E-state index in [2.05, 4.69) is 11.7 Å². The third-order valence-electron chi connectivity index (χ3n) is 5.15. The van der Waals surface area contributed by atoms with E-state index >= 15 is 0 Å². The van der Waals surface area contributed by atoms with E-state index in [9.17, 15) is 44.7 Å². The largest absolute Gasteiger partial charge is 0.463 e. The van der Waals surface area contributed by atoms with Crippen molar-refractivity contribution in [3.63, 3.8) is 0 Å². The van der Waals surface area contributed by atoms with Gasteiger partial charge in [0.25, 0.3) is 0 Å². The second kappa shape index (κ2) is 16.7. The minimum Gasteiger partial charge on any atom is -0.463 e. The molecule has 0 aromatic carbocycles. The van der Waals surface area contributed by atoms with Gasteiger partial charge in [0.1, 0.15) is 0 Å². The van der Waals surface area contributed by atoms with Gasteiger partial charge in [-0.15, -0.1) is 0 Å². The summed E-state index contributed by atoms with van der Waals surface area (Å²) in [6.07, 6.45) is 8.89. The van der Waals surface area contributed by atoms with Gasteiger partial charge in [-0.3, -0.25) is 0 Å². The first-order chi connectivity index (χ1) is 16.3. The summed E-state index contributed by atoms with van der Waals surface area (Å²) in [5.41, 5.74) is 0. The summed E-state index contributed by atoms with van der Waals surface area (Å²) in [6, 6.07) is 0. The van der Waals surface area contributed by atoms with Crippen molar-refractivity contribution in [1.29, 1.82) is 0 Å². The Morgan fingerprint density at radius 2 is 1.09 bits per heavy atom. The van der Waals surface area contributed by atoms with Crippen LogP contribution in [-0.4, -0.2) is 49.3 Å². The Morgan fingerprint density at radius 3 is 1.51 bits per heavy atom. The normalized spacial score (nSPS) is 13.0. The van der Waals surface area contributed by atoms with Crippen LogP contribution in [0.5, 0.6) is 0 Å². The lowest BCUT2D eigenvalue weighted by Crippen LogP contribution is -2.59. The van der Waals surface area contributed by atoms with Gasteiger partial charge < -0.3 is 9.47 Å². The van der Waals surface area contributed by atoms with Crippen molar-refractivity contribution in [3.05, 3.63) is 12.2 Å². The van der Waals surface area contributed by atoms with Gasteiger partial charge in [0.05, 0.1) is 6.61 Å². The highest BCUT2D eigenvalue weighted by molar-refractivity contribution is 5.91. The third-order valence-corrected chi connectivity index (χ3v) is 5.15. The Kier molecular flexibility index (Phi) is 15.8. The second-order valence-corrected chi connectivity index (χ2v) is 8.20. The fourth-order valence-corrected chi connectivity index (χ4v) is 2.98. The van der Waals surface area contributed by atoms with Crippen LogP contribution >= 0.6 is 0 Å². The molecule has 0 rings (SSSR count). The lowest BCUT2D eigenvalue weighted by molar-refractivity contribution is -0.344. The number of halogens is 8. The zero-order chi connectivity index (χ0) is 27.0. The molecule has 0 aromatic heterocycles. The van der Waals surface area contributed by atoms with Crippen LogP contribution in [0.4, 0.5) is 35.1 Å². The SMILES string of the molecule is CCCCCCCCCCCCCCOC(=O)/C=C/C(=O)OCC(F)(F)C(F)(F)C(F)(F)C(F)F. The molecular formula is C23H34F8O4. The van der Waals surface area contributed by atoms with Crippen molar-refractivity contribution < 1.29 is 54.2 Å². The summed E-state index contributed by atoms with van der Waals surface area (Å²) in [5, 5.41) is 0. The van der Waals surface area contributed by atoms with E-state index in [1.54, 1.807) is 0 Å². The molecule has 0 aromatic rings. The summed E-state index contributed by atoms with van der Waals surface area (Å²) in [5.74, 6) is -21.4. The Labute approximate surface area is 200 Å². The smallest absolute Gasteiger partial charge is 0.381 e. The topological polar surface area (TPSA) is 52.6 Å². The van der Waals surface area contributed by atoms with E-state index in [0.717, 1.165) is 25.7 Å². The number of esters is 2. The van der Waals surface area contributed by atoms with Gasteiger partial charge in [-0.1, -0.05) is 77.6 Å². The average Bonchev–Trinajstić information content (AvgIpc) is 2.79.